The molecule has 0 aromatic heterocycles. The fraction of sp³-hybridized carbons (Fsp3) is 1.00. The maximum absolute atomic E-state index is 2.25. The Morgan fingerprint density at radius 3 is 0.433 bits per heavy atom. The Morgan fingerprint density at radius 2 is 0.433 bits per heavy atom. The fourth-order valence-corrected chi connectivity index (χ4v) is 6.00. The van der Waals surface area contributed by atoms with Gasteiger partial charge in [-0.1, -0.05) is 0 Å². The summed E-state index contributed by atoms with van der Waals surface area (Å²) in [5.41, 5.74) is 0. The van der Waals surface area contributed by atoms with Gasteiger partial charge in [0.25, 0.3) is 0 Å². The van der Waals surface area contributed by atoms with Crippen LogP contribution < -0.4 is 0 Å². The molecule has 0 aliphatic heterocycles. The zero-order chi connectivity index (χ0) is 20.0. The molecular weight excluding hydrogens is 1000 g/mol. The molecule has 0 aliphatic carbocycles. The molecule has 0 nitrogen and oxygen atoms in total. The van der Waals surface area contributed by atoms with Gasteiger partial charge in [0.1, 0.15) is 0 Å². The van der Waals surface area contributed by atoms with Gasteiger partial charge in [-0.15, -0.1) is 0 Å². The van der Waals surface area contributed by atoms with Crippen molar-refractivity contribution in [3.8, 4) is 0 Å². The predicted molar refractivity (Wildman–Crippen MR) is 155 cm³/mol. The summed E-state index contributed by atoms with van der Waals surface area (Å²) in [4.78, 5) is 0. The molecular formula is C20H44Ge4Se6. The van der Waals surface area contributed by atoms with Crippen molar-refractivity contribution in [1.29, 1.82) is 0 Å². The van der Waals surface area contributed by atoms with Crippen LogP contribution in [0.3, 0.4) is 0 Å². The van der Waals surface area contributed by atoms with Crippen LogP contribution >= 0.6 is 0 Å². The maximum Gasteiger partial charge on any atom is 0 e. The second-order valence-corrected chi connectivity index (χ2v) is 11.9. The molecule has 0 saturated carbocycles. The van der Waals surface area contributed by atoms with Crippen LogP contribution in [0.2, 0.25) is 21.0 Å². The molecule has 0 aromatic rings. The monoisotopic (exact) mass is 1060 g/mol. The molecule has 0 rings (SSSR count). The zero-order valence-electron chi connectivity index (χ0n) is 20.4. The third-order valence-electron chi connectivity index (χ3n) is 2.89. The van der Waals surface area contributed by atoms with E-state index in [-0.39, 0.29) is 102 Å². The molecule has 30 heavy (non-hydrogen) atoms. The summed E-state index contributed by atoms with van der Waals surface area (Å²) < 4.78 is 0. The third-order valence-corrected chi connectivity index (χ3v) is 5.31. The van der Waals surface area contributed by atoms with Gasteiger partial charge in [0.2, 0.25) is 0 Å². The van der Waals surface area contributed by atoms with Crippen LogP contribution in [0, 0.1) is 23.7 Å². The molecule has 0 atom stereocenters. The van der Waals surface area contributed by atoms with Crippen LogP contribution in [0.25, 0.3) is 0 Å². The van der Waals surface area contributed by atoms with Crippen molar-refractivity contribution in [2.75, 3.05) is 0 Å². The second kappa shape index (κ2) is 59.4. The van der Waals surface area contributed by atoms with Gasteiger partial charge >= 0.3 is 192 Å². The van der Waals surface area contributed by atoms with Crippen LogP contribution in [-0.4, -0.2) is 168 Å². The summed E-state index contributed by atoms with van der Waals surface area (Å²) in [6.45, 7) is 18.0. The van der Waals surface area contributed by atoms with E-state index >= 15 is 0 Å². The van der Waals surface area contributed by atoms with E-state index in [0.717, 1.165) is 23.7 Å². The molecule has 0 bridgehead atoms. The van der Waals surface area contributed by atoms with Gasteiger partial charge in [0, 0.05) is 102 Å². The van der Waals surface area contributed by atoms with Crippen molar-refractivity contribution in [2.45, 2.75) is 102 Å². The summed E-state index contributed by atoms with van der Waals surface area (Å²) in [5, 5.41) is 5.32. The van der Waals surface area contributed by atoms with Crippen molar-refractivity contribution in [2.24, 2.45) is 23.7 Å². The predicted octanol–water partition coefficient (Wildman–Crippen LogP) is 4.19. The molecule has 0 aromatic carbocycles. The first-order valence-corrected chi connectivity index (χ1v) is 15.6. The van der Waals surface area contributed by atoms with Crippen molar-refractivity contribution >= 4 is 168 Å². The minimum absolute atomic E-state index is 0. The topological polar surface area (TPSA) is 0 Å². The SMILES string of the molecule is CC(C)C[CH2][Ge].CC(C)C[CH2][Ge].CC(C)C[CH2][Ge].CC(C)C[CH2][Ge].[Se].[Se].[Se].[Se].[Se].[Se]. The third kappa shape index (κ3) is 116. The average molecular weight is 1050 g/mol. The quantitative estimate of drug-likeness (QED) is 0.321. The number of hydrogen-bond donors (Lipinski definition) is 0. The summed E-state index contributed by atoms with van der Waals surface area (Å²) in [6.07, 6.45) is 5.50. The van der Waals surface area contributed by atoms with E-state index in [4.69, 9.17) is 0 Å². The van der Waals surface area contributed by atoms with Gasteiger partial charge in [-0.3, -0.25) is 0 Å². The molecule has 0 saturated heterocycles. The standard InChI is InChI=1S/4C5H11Ge.6Se/c4*1-5(2)3-4-6;;;;;;/h4*5H,3-4H2,1-2H3;;;;;;. The average Bonchev–Trinajstić information content (AvgIpc) is 2.39. The van der Waals surface area contributed by atoms with Gasteiger partial charge < -0.3 is 0 Å². The van der Waals surface area contributed by atoms with Gasteiger partial charge in [-0.25, -0.2) is 0 Å². The largest absolute Gasteiger partial charge is 0 e. The first kappa shape index (κ1) is 64.9. The fourth-order valence-electron chi connectivity index (χ4n) is 1.15. The van der Waals surface area contributed by atoms with E-state index in [0.29, 0.717) is 0 Å². The Bertz CT molecular complexity index is 162. The molecule has 0 fully saturated rings. The van der Waals surface area contributed by atoms with Gasteiger partial charge in [-0.2, -0.15) is 0 Å². The van der Waals surface area contributed by atoms with E-state index < -0.39 is 0 Å². The molecule has 0 amide bonds. The molecule has 24 radical (unpaired) electrons. The first-order valence-electron chi connectivity index (χ1n) is 9.67. The number of rotatable bonds is 8. The Labute approximate surface area is 290 Å². The Kier molecular flexibility index (Phi) is 128. The van der Waals surface area contributed by atoms with E-state index in [2.05, 4.69) is 121 Å². The van der Waals surface area contributed by atoms with Crippen molar-refractivity contribution < 1.29 is 0 Å². The van der Waals surface area contributed by atoms with Gasteiger partial charge in [0.05, 0.1) is 0 Å². The van der Waals surface area contributed by atoms with E-state index in [9.17, 15) is 0 Å². The smallest absolute Gasteiger partial charge is 0 e. The second-order valence-electron chi connectivity index (χ2n) is 7.73. The summed E-state index contributed by atoms with van der Waals surface area (Å²) in [7, 11) is 0. The van der Waals surface area contributed by atoms with Gasteiger partial charge in [-0.05, 0) is 0 Å². The van der Waals surface area contributed by atoms with Crippen LogP contribution in [0.4, 0.5) is 0 Å². The Balaban J connectivity index is -0.0000000208. The van der Waals surface area contributed by atoms with E-state index in [1.807, 2.05) is 0 Å². The minimum atomic E-state index is 0. The summed E-state index contributed by atoms with van der Waals surface area (Å²) in [5.74, 6) is 3.59. The van der Waals surface area contributed by atoms with Crippen molar-refractivity contribution in [3.05, 3.63) is 0 Å². The molecule has 0 N–H and O–H groups in total. The number of hydrogen-bond acceptors (Lipinski definition) is 0. The maximum atomic E-state index is 2.25. The van der Waals surface area contributed by atoms with Crippen LogP contribution in [-0.2, 0) is 0 Å². The Hall–Kier alpha value is 5.29. The van der Waals surface area contributed by atoms with Gasteiger partial charge in [0.15, 0.2) is 0 Å². The van der Waals surface area contributed by atoms with Crippen molar-refractivity contribution in [3.63, 3.8) is 0 Å². The van der Waals surface area contributed by atoms with Crippen LogP contribution in [0.5, 0.6) is 0 Å². The normalized spacial score (nSPS) is 8.00. The van der Waals surface area contributed by atoms with Crippen molar-refractivity contribution in [1.82, 2.24) is 0 Å². The summed E-state index contributed by atoms with van der Waals surface area (Å²) >= 11 is 8.89. The zero-order valence-corrected chi connectivity index (χ0v) is 39.1. The van der Waals surface area contributed by atoms with Crippen LogP contribution in [0.15, 0.2) is 0 Å². The molecule has 176 valence electrons. The summed E-state index contributed by atoms with van der Waals surface area (Å²) in [6, 6.07) is 0. The molecule has 0 aliphatic rings. The van der Waals surface area contributed by atoms with E-state index in [1.54, 1.807) is 0 Å². The minimum Gasteiger partial charge on any atom is 0 e. The van der Waals surface area contributed by atoms with Crippen LogP contribution in [0.1, 0.15) is 81.1 Å². The first-order chi connectivity index (χ1) is 11.1. The Morgan fingerprint density at radius 1 is 0.333 bits per heavy atom. The molecule has 10 heteroatoms. The molecule has 0 heterocycles. The molecule has 0 spiro atoms. The molecule has 0 unspecified atom stereocenters. The van der Waals surface area contributed by atoms with E-state index in [1.165, 1.54) is 46.7 Å².